The van der Waals surface area contributed by atoms with E-state index in [2.05, 4.69) is 59.7 Å². The molecule has 5 aliphatic rings. The number of ketones is 1. The third-order valence-corrected chi connectivity index (χ3v) is 13.2. The van der Waals surface area contributed by atoms with Crippen molar-refractivity contribution < 1.29 is 18.8 Å². The fraction of sp³-hybridized carbons (Fsp3) is 0.781. The molecule has 0 saturated heterocycles. The maximum absolute atomic E-state index is 14.5. The van der Waals surface area contributed by atoms with Gasteiger partial charge in [-0.05, 0) is 97.9 Å². The summed E-state index contributed by atoms with van der Waals surface area (Å²) in [6.07, 6.45) is 11.9. The predicted molar refractivity (Wildman–Crippen MR) is 142 cm³/mol. The quantitative estimate of drug-likeness (QED) is 0.389. The first kappa shape index (κ1) is 25.4. The van der Waals surface area contributed by atoms with Gasteiger partial charge in [0.05, 0.1) is 18.7 Å². The summed E-state index contributed by atoms with van der Waals surface area (Å²) in [4.78, 5) is 27.4. The first-order chi connectivity index (χ1) is 17.2. The molecule has 0 N–H and O–H groups in total. The first-order valence-corrected chi connectivity index (χ1v) is 14.4. The Balaban J connectivity index is 1.47. The highest BCUT2D eigenvalue weighted by Gasteiger charge is 2.70. The van der Waals surface area contributed by atoms with Crippen LogP contribution in [0.15, 0.2) is 22.4 Å². The lowest BCUT2D eigenvalue weighted by atomic mass is 9.33. The molecule has 1 aromatic rings. The van der Waals surface area contributed by atoms with Crippen LogP contribution < -0.4 is 0 Å². The molecule has 3 fully saturated rings. The van der Waals surface area contributed by atoms with E-state index in [1.807, 2.05) is 6.20 Å². The number of esters is 1. The molecule has 0 aliphatic heterocycles. The second-order valence-corrected chi connectivity index (χ2v) is 15.3. The average Bonchev–Trinajstić information content (AvgIpc) is 3.29. The average molecular weight is 508 g/mol. The Morgan fingerprint density at radius 1 is 1.03 bits per heavy atom. The molecule has 0 spiro atoms. The monoisotopic (exact) mass is 507 g/mol. The smallest absolute Gasteiger partial charge is 0.311 e. The van der Waals surface area contributed by atoms with E-state index in [-0.39, 0.29) is 44.9 Å². The van der Waals surface area contributed by atoms with Crippen molar-refractivity contribution in [2.24, 2.45) is 44.8 Å². The highest BCUT2D eigenvalue weighted by Crippen LogP contribution is 2.74. The van der Waals surface area contributed by atoms with E-state index >= 15 is 0 Å². The first-order valence-electron chi connectivity index (χ1n) is 14.4. The summed E-state index contributed by atoms with van der Waals surface area (Å²) in [5.74, 6) is 1.80. The fourth-order valence-electron chi connectivity index (χ4n) is 10.9. The molecular formula is C32H45NO4. The standard InChI is InChI=1S/C32H45NO4/c1-27(2)23-9-10-32(7)24(30(23,5)16-19-18-33-37-25(19)27)22(34)15-20-21-17-29(4,26(35)36-8)12-11-28(21,3)13-14-31(20,32)6/h15,18,21,23-24H,9-14,16-17H2,1-8H3/t21-,23-,24+,28+,29-,30-,31+,32+/m0/s1. The number of aromatic nitrogens is 1. The molecule has 202 valence electrons. The highest BCUT2D eigenvalue weighted by atomic mass is 16.5. The van der Waals surface area contributed by atoms with E-state index in [0.29, 0.717) is 11.7 Å². The maximum atomic E-state index is 14.5. The van der Waals surface area contributed by atoms with E-state index in [1.54, 1.807) is 0 Å². The Labute approximate surface area is 222 Å². The van der Waals surface area contributed by atoms with Crippen molar-refractivity contribution >= 4 is 11.8 Å². The van der Waals surface area contributed by atoms with Gasteiger partial charge in [0, 0.05) is 16.9 Å². The highest BCUT2D eigenvalue weighted by molar-refractivity contribution is 5.96. The minimum absolute atomic E-state index is 0.0326. The zero-order valence-electron chi connectivity index (χ0n) is 24.1. The molecule has 0 unspecified atom stereocenters. The largest absolute Gasteiger partial charge is 0.469 e. The van der Waals surface area contributed by atoms with Gasteiger partial charge in [-0.15, -0.1) is 0 Å². The van der Waals surface area contributed by atoms with E-state index in [9.17, 15) is 9.59 Å². The van der Waals surface area contributed by atoms with E-state index in [4.69, 9.17) is 9.26 Å². The van der Waals surface area contributed by atoms with Gasteiger partial charge >= 0.3 is 5.97 Å². The molecule has 6 rings (SSSR count). The lowest BCUT2D eigenvalue weighted by molar-refractivity contribution is -0.175. The van der Waals surface area contributed by atoms with Crippen LogP contribution in [-0.4, -0.2) is 24.0 Å². The Bertz CT molecular complexity index is 1210. The molecule has 37 heavy (non-hydrogen) atoms. The van der Waals surface area contributed by atoms with Gasteiger partial charge in [-0.3, -0.25) is 9.59 Å². The van der Waals surface area contributed by atoms with Gasteiger partial charge in [0.2, 0.25) is 0 Å². The molecule has 0 aromatic carbocycles. The van der Waals surface area contributed by atoms with Crippen LogP contribution in [0, 0.1) is 44.8 Å². The van der Waals surface area contributed by atoms with Crippen LogP contribution in [0.3, 0.4) is 0 Å². The van der Waals surface area contributed by atoms with Crippen LogP contribution >= 0.6 is 0 Å². The topological polar surface area (TPSA) is 69.4 Å². The van der Waals surface area contributed by atoms with E-state index in [0.717, 1.165) is 57.1 Å². The van der Waals surface area contributed by atoms with Crippen molar-refractivity contribution in [3.05, 3.63) is 29.2 Å². The number of nitrogens with zero attached hydrogens (tertiary/aromatic N) is 1. The molecule has 5 heteroatoms. The fourth-order valence-corrected chi connectivity index (χ4v) is 10.9. The Morgan fingerprint density at radius 3 is 2.43 bits per heavy atom. The van der Waals surface area contributed by atoms with Crippen molar-refractivity contribution in [2.75, 3.05) is 7.11 Å². The van der Waals surface area contributed by atoms with Gasteiger partial charge < -0.3 is 9.26 Å². The summed E-state index contributed by atoms with van der Waals surface area (Å²) in [5, 5.41) is 4.19. The normalized spacial score (nSPS) is 47.9. The molecular weight excluding hydrogens is 462 g/mol. The Kier molecular flexibility index (Phi) is 5.06. The van der Waals surface area contributed by atoms with Crippen LogP contribution in [0.4, 0.5) is 0 Å². The molecule has 0 bridgehead atoms. The number of allylic oxidation sites excluding steroid dienone is 2. The van der Waals surface area contributed by atoms with Gasteiger partial charge in [0.15, 0.2) is 5.78 Å². The zero-order chi connectivity index (χ0) is 26.8. The van der Waals surface area contributed by atoms with Crippen molar-refractivity contribution in [1.29, 1.82) is 0 Å². The molecule has 0 radical (unpaired) electrons. The Hall–Kier alpha value is -1.91. The van der Waals surface area contributed by atoms with Crippen LogP contribution in [-0.2, 0) is 26.2 Å². The molecule has 3 saturated carbocycles. The molecule has 5 nitrogen and oxygen atoms in total. The van der Waals surface area contributed by atoms with Crippen LogP contribution in [0.5, 0.6) is 0 Å². The number of hydrogen-bond donors (Lipinski definition) is 0. The lowest BCUT2D eigenvalue weighted by Crippen LogP contribution is -2.66. The summed E-state index contributed by atoms with van der Waals surface area (Å²) in [7, 11) is 1.51. The maximum Gasteiger partial charge on any atom is 0.311 e. The zero-order valence-corrected chi connectivity index (χ0v) is 24.1. The summed E-state index contributed by atoms with van der Waals surface area (Å²) < 4.78 is 11.1. The van der Waals surface area contributed by atoms with Crippen molar-refractivity contribution in [1.82, 2.24) is 5.16 Å². The summed E-state index contributed by atoms with van der Waals surface area (Å²) >= 11 is 0. The number of carbonyl (C=O) groups is 2. The molecule has 5 aliphatic carbocycles. The third-order valence-electron chi connectivity index (χ3n) is 13.2. The number of methoxy groups -OCH3 is 1. The number of hydrogen-bond acceptors (Lipinski definition) is 5. The number of carbonyl (C=O) groups excluding carboxylic acids is 2. The van der Waals surface area contributed by atoms with Gasteiger partial charge in [-0.25, -0.2) is 0 Å². The third kappa shape index (κ3) is 2.95. The van der Waals surface area contributed by atoms with Gasteiger partial charge in [0.1, 0.15) is 5.76 Å². The SMILES string of the molecule is COC(=O)[C@@]1(C)CC[C@]2(C)CC[C@]3(C)C(=CC(=O)[C@@H]4[C@@]5(C)Cc6cnoc6C(C)(C)[C@@H]5CC[C@]43C)[C@@H]2C1. The van der Waals surface area contributed by atoms with Gasteiger partial charge in [-0.1, -0.05) is 52.3 Å². The number of ether oxygens (including phenoxy) is 1. The molecule has 0 amide bonds. The van der Waals surface area contributed by atoms with E-state index in [1.165, 1.54) is 18.2 Å². The minimum atomic E-state index is -0.486. The molecule has 1 heterocycles. The van der Waals surface area contributed by atoms with Crippen LogP contribution in [0.1, 0.15) is 105 Å². The molecule has 1 aromatic heterocycles. The van der Waals surface area contributed by atoms with Crippen molar-refractivity contribution in [2.45, 2.75) is 105 Å². The number of rotatable bonds is 1. The van der Waals surface area contributed by atoms with Crippen LogP contribution in [0.2, 0.25) is 0 Å². The minimum Gasteiger partial charge on any atom is -0.469 e. The molecule has 8 atom stereocenters. The second-order valence-electron chi connectivity index (χ2n) is 15.3. The predicted octanol–water partition coefficient (Wildman–Crippen LogP) is 6.84. The van der Waals surface area contributed by atoms with Gasteiger partial charge in [0.25, 0.3) is 0 Å². The van der Waals surface area contributed by atoms with Crippen LogP contribution in [0.25, 0.3) is 0 Å². The second kappa shape index (κ2) is 7.39. The summed E-state index contributed by atoms with van der Waals surface area (Å²) in [6, 6.07) is 0. The number of fused-ring (bicyclic) bond motifs is 8. The van der Waals surface area contributed by atoms with E-state index < -0.39 is 5.41 Å². The van der Waals surface area contributed by atoms with Gasteiger partial charge in [-0.2, -0.15) is 0 Å². The summed E-state index contributed by atoms with van der Waals surface area (Å²) in [6.45, 7) is 16.4. The van der Waals surface area contributed by atoms with Crippen molar-refractivity contribution in [3.8, 4) is 0 Å². The van der Waals surface area contributed by atoms with Crippen molar-refractivity contribution in [3.63, 3.8) is 0 Å². The summed E-state index contributed by atoms with van der Waals surface area (Å²) in [5.41, 5.74) is 1.68. The Morgan fingerprint density at radius 2 is 1.73 bits per heavy atom. The lowest BCUT2D eigenvalue weighted by Gasteiger charge is -2.69.